The van der Waals surface area contributed by atoms with Crippen LogP contribution >= 0.6 is 15.9 Å². The Hall–Kier alpha value is -3.23. The third kappa shape index (κ3) is 6.68. The summed E-state index contributed by atoms with van der Waals surface area (Å²) in [5, 5.41) is 10.8. The van der Waals surface area contributed by atoms with Gasteiger partial charge >= 0.3 is 0 Å². The summed E-state index contributed by atoms with van der Waals surface area (Å²) in [6, 6.07) is 6.44. The average Bonchev–Trinajstić information content (AvgIpc) is 3.25. The number of rotatable bonds is 7. The number of hydrogen-bond donors (Lipinski definition) is 0. The number of nitro benzene ring substituents is 1. The summed E-state index contributed by atoms with van der Waals surface area (Å²) >= 11 is 3.61. The van der Waals surface area contributed by atoms with Crippen molar-refractivity contribution in [1.82, 2.24) is 0 Å². The molecule has 0 spiro atoms. The largest absolute Gasteiger partial charge is 0.468 e. The van der Waals surface area contributed by atoms with Crippen molar-refractivity contribution in [3.05, 3.63) is 106 Å². The lowest BCUT2D eigenvalue weighted by Crippen LogP contribution is -2.15. The fourth-order valence-corrected chi connectivity index (χ4v) is 4.61. The van der Waals surface area contributed by atoms with Gasteiger partial charge in [-0.2, -0.15) is 0 Å². The molecule has 0 N–H and O–H groups in total. The molecule has 1 aliphatic heterocycles. The topological polar surface area (TPSA) is 91.8 Å². The van der Waals surface area contributed by atoms with Gasteiger partial charge in [0.2, 0.25) is 0 Å². The van der Waals surface area contributed by atoms with Crippen LogP contribution in [0.1, 0.15) is 48.8 Å². The molecule has 2 aromatic rings. The summed E-state index contributed by atoms with van der Waals surface area (Å²) in [5.41, 5.74) is 4.99. The lowest BCUT2D eigenvalue weighted by atomic mass is 10.0. The van der Waals surface area contributed by atoms with Crippen molar-refractivity contribution in [3.8, 4) is 5.95 Å². The molecule has 35 heavy (non-hydrogen) atoms. The lowest BCUT2D eigenvalue weighted by molar-refractivity contribution is -0.384. The molecule has 1 aromatic heterocycles. The van der Waals surface area contributed by atoms with E-state index in [4.69, 9.17) is 13.9 Å². The van der Waals surface area contributed by atoms with Gasteiger partial charge in [-0.05, 0) is 68.7 Å². The quantitative estimate of drug-likeness (QED) is 0.215. The first-order valence-electron chi connectivity index (χ1n) is 11.1. The molecule has 1 aromatic carbocycles. The van der Waals surface area contributed by atoms with E-state index in [2.05, 4.69) is 15.9 Å². The molecule has 0 amide bonds. The molecule has 0 aliphatic carbocycles. The minimum Gasteiger partial charge on any atom is -0.468 e. The number of allylic oxidation sites excluding steroid dienone is 6. The van der Waals surface area contributed by atoms with Gasteiger partial charge in [-0.3, -0.25) is 14.9 Å². The molecular formula is C27H28BrNO6. The Morgan fingerprint density at radius 3 is 2.46 bits per heavy atom. The number of ether oxygens (including phenoxy) is 2. The highest BCUT2D eigenvalue weighted by Crippen LogP contribution is 2.36. The van der Waals surface area contributed by atoms with E-state index >= 15 is 0 Å². The van der Waals surface area contributed by atoms with Crippen molar-refractivity contribution in [3.63, 3.8) is 0 Å². The molecule has 184 valence electrons. The van der Waals surface area contributed by atoms with Gasteiger partial charge in [-0.15, -0.1) is 0 Å². The highest BCUT2D eigenvalue weighted by atomic mass is 79.9. The molecule has 1 saturated heterocycles. The van der Waals surface area contributed by atoms with Crippen molar-refractivity contribution in [1.29, 1.82) is 0 Å². The first kappa shape index (κ1) is 26.4. The maximum absolute atomic E-state index is 12.5. The van der Waals surface area contributed by atoms with Crippen molar-refractivity contribution in [2.24, 2.45) is 0 Å². The Morgan fingerprint density at radius 1 is 1.14 bits per heavy atom. The Kier molecular flexibility index (Phi) is 8.64. The summed E-state index contributed by atoms with van der Waals surface area (Å²) in [6.07, 6.45) is 8.30. The second kappa shape index (κ2) is 11.5. The normalized spacial score (nSPS) is 18.3. The number of nitrogens with zero attached hydrogens (tertiary/aromatic N) is 1. The van der Waals surface area contributed by atoms with Gasteiger partial charge in [0.15, 0.2) is 5.43 Å². The van der Waals surface area contributed by atoms with Gasteiger partial charge in [0.25, 0.3) is 11.6 Å². The van der Waals surface area contributed by atoms with Crippen LogP contribution in [0.4, 0.5) is 5.69 Å². The second-order valence-electron chi connectivity index (χ2n) is 8.50. The Balaban J connectivity index is 1.71. The summed E-state index contributed by atoms with van der Waals surface area (Å²) in [4.78, 5) is 22.9. The van der Waals surface area contributed by atoms with Crippen LogP contribution in [0.5, 0.6) is 5.95 Å². The molecule has 8 heteroatoms. The van der Waals surface area contributed by atoms with Crippen LogP contribution in [0.3, 0.4) is 0 Å². The monoisotopic (exact) mass is 541 g/mol. The number of methoxy groups -OCH3 is 1. The third-order valence-corrected chi connectivity index (χ3v) is 6.07. The van der Waals surface area contributed by atoms with E-state index in [1.807, 2.05) is 38.2 Å². The van der Waals surface area contributed by atoms with Crippen molar-refractivity contribution in [2.45, 2.75) is 40.2 Å². The highest BCUT2D eigenvalue weighted by Gasteiger charge is 2.28. The first-order valence-corrected chi connectivity index (χ1v) is 11.9. The summed E-state index contributed by atoms with van der Waals surface area (Å²) < 4.78 is 17.9. The van der Waals surface area contributed by atoms with E-state index < -0.39 is 4.92 Å². The summed E-state index contributed by atoms with van der Waals surface area (Å²) in [6.45, 7) is 7.84. The van der Waals surface area contributed by atoms with Gasteiger partial charge in [-0.1, -0.05) is 33.7 Å². The molecule has 1 atom stereocenters. The molecule has 0 bridgehead atoms. The summed E-state index contributed by atoms with van der Waals surface area (Å²) in [7, 11) is 1.48. The fraction of sp³-hybridized carbons (Fsp3) is 0.296. The Bertz CT molecular complexity index is 1300. The zero-order chi connectivity index (χ0) is 25.7. The Morgan fingerprint density at radius 2 is 1.83 bits per heavy atom. The first-order chi connectivity index (χ1) is 16.6. The van der Waals surface area contributed by atoms with Crippen LogP contribution in [-0.2, 0) is 4.74 Å². The van der Waals surface area contributed by atoms with E-state index in [0.29, 0.717) is 29.9 Å². The standard InChI is InChI=1S/C27H28BrNO6/c1-16(11-20-6-8-23(9-7-20)29(31)32)10-17(2)12-22(28)13-21-14-24(34-15-21)26-18(3)25(30)19(4)27(33-5)35-26/h6-13,24H,14-15H2,1-5H3/b16-11+,17-10+,21-13+,22-12+/t24-/m1/s1. The van der Waals surface area contributed by atoms with Gasteiger partial charge in [0, 0.05) is 28.6 Å². The van der Waals surface area contributed by atoms with E-state index in [1.54, 1.807) is 26.0 Å². The molecule has 7 nitrogen and oxygen atoms in total. The average molecular weight is 542 g/mol. The van der Waals surface area contributed by atoms with E-state index in [0.717, 1.165) is 26.8 Å². The van der Waals surface area contributed by atoms with Crippen LogP contribution in [0.25, 0.3) is 6.08 Å². The van der Waals surface area contributed by atoms with Gasteiger partial charge in [-0.25, -0.2) is 0 Å². The number of hydrogen-bond acceptors (Lipinski definition) is 6. The van der Waals surface area contributed by atoms with Gasteiger partial charge in [0.05, 0.1) is 24.2 Å². The highest BCUT2D eigenvalue weighted by molar-refractivity contribution is 9.11. The molecule has 0 unspecified atom stereocenters. The van der Waals surface area contributed by atoms with Gasteiger partial charge < -0.3 is 13.9 Å². The molecular weight excluding hydrogens is 514 g/mol. The van der Waals surface area contributed by atoms with Crippen LogP contribution in [0.2, 0.25) is 0 Å². The third-order valence-electron chi connectivity index (χ3n) is 5.62. The fourth-order valence-electron chi connectivity index (χ4n) is 3.93. The predicted octanol–water partition coefficient (Wildman–Crippen LogP) is 6.89. The predicted molar refractivity (Wildman–Crippen MR) is 140 cm³/mol. The molecule has 1 aliphatic rings. The lowest BCUT2D eigenvalue weighted by Gasteiger charge is -2.13. The number of benzene rings is 1. The van der Waals surface area contributed by atoms with Crippen molar-refractivity contribution in [2.75, 3.05) is 13.7 Å². The number of halogens is 1. The zero-order valence-electron chi connectivity index (χ0n) is 20.4. The number of non-ortho nitro benzene ring substituents is 1. The second-order valence-corrected chi connectivity index (χ2v) is 9.41. The van der Waals surface area contributed by atoms with Crippen molar-refractivity contribution >= 4 is 27.7 Å². The SMILES string of the molecule is COc1oc([C@H]2C\C(=C/C(Br)=C\C(C)=C\C(C)=C\c3ccc([N+](=O)[O-])cc3)CO2)c(C)c(=O)c1C. The van der Waals surface area contributed by atoms with Crippen LogP contribution in [-0.4, -0.2) is 18.6 Å². The Labute approximate surface area is 212 Å². The van der Waals surface area contributed by atoms with Gasteiger partial charge in [0.1, 0.15) is 11.9 Å². The van der Waals surface area contributed by atoms with Crippen LogP contribution in [0.15, 0.2) is 72.9 Å². The maximum atomic E-state index is 12.5. The van der Waals surface area contributed by atoms with E-state index in [-0.39, 0.29) is 23.2 Å². The zero-order valence-corrected chi connectivity index (χ0v) is 22.0. The molecule has 0 radical (unpaired) electrons. The number of nitro groups is 1. The van der Waals surface area contributed by atoms with E-state index in [9.17, 15) is 14.9 Å². The molecule has 1 fully saturated rings. The minimum atomic E-state index is -0.409. The van der Waals surface area contributed by atoms with Crippen LogP contribution < -0.4 is 10.2 Å². The van der Waals surface area contributed by atoms with E-state index in [1.165, 1.54) is 19.2 Å². The smallest absolute Gasteiger partial charge is 0.291 e. The van der Waals surface area contributed by atoms with Crippen molar-refractivity contribution < 1.29 is 18.8 Å². The molecule has 3 rings (SSSR count). The molecule has 0 saturated carbocycles. The molecule has 2 heterocycles. The van der Waals surface area contributed by atoms with Crippen LogP contribution in [0, 0.1) is 24.0 Å². The summed E-state index contributed by atoms with van der Waals surface area (Å²) in [5.74, 6) is 0.722. The minimum absolute atomic E-state index is 0.0726. The maximum Gasteiger partial charge on any atom is 0.291 e.